The number of hydrazone groups is 1. The fraction of sp³-hybridized carbons (Fsp3) is 0.263. The Morgan fingerprint density at radius 1 is 1.21 bits per heavy atom. The highest BCUT2D eigenvalue weighted by Gasteiger charge is 2.11. The van der Waals surface area contributed by atoms with Gasteiger partial charge in [-0.2, -0.15) is 5.10 Å². The van der Waals surface area contributed by atoms with Crippen LogP contribution in [-0.2, 0) is 11.2 Å². The monoisotopic (exact) mass is 497 g/mol. The third-order valence-corrected chi connectivity index (χ3v) is 4.34. The van der Waals surface area contributed by atoms with E-state index in [-0.39, 0.29) is 18.0 Å². The Balaban J connectivity index is 2.01. The lowest BCUT2D eigenvalue weighted by Crippen LogP contribution is -2.19. The number of halogens is 1. The molecule has 1 N–H and O–H groups in total. The lowest BCUT2D eigenvalue weighted by atomic mass is 10.1. The second-order valence-electron chi connectivity index (χ2n) is 5.59. The van der Waals surface area contributed by atoms with Gasteiger partial charge in [-0.1, -0.05) is 12.1 Å². The Labute approximate surface area is 176 Å². The highest BCUT2D eigenvalue weighted by atomic mass is 127. The average Bonchev–Trinajstić information content (AvgIpc) is 2.65. The van der Waals surface area contributed by atoms with Crippen molar-refractivity contribution in [1.82, 2.24) is 5.43 Å². The molecule has 0 saturated heterocycles. The van der Waals surface area contributed by atoms with Crippen LogP contribution in [0.3, 0.4) is 0 Å². The van der Waals surface area contributed by atoms with Crippen LogP contribution in [0.25, 0.3) is 0 Å². The van der Waals surface area contributed by atoms with Crippen LogP contribution in [0.1, 0.15) is 25.0 Å². The molecule has 2 rings (SSSR count). The van der Waals surface area contributed by atoms with Gasteiger partial charge < -0.3 is 9.47 Å². The largest absolute Gasteiger partial charge is 0.490 e. The Kier molecular flexibility index (Phi) is 8.18. The number of ether oxygens (including phenoxy) is 2. The summed E-state index contributed by atoms with van der Waals surface area (Å²) in [5.41, 5.74) is 3.85. The summed E-state index contributed by atoms with van der Waals surface area (Å²) in [7, 11) is 0. The van der Waals surface area contributed by atoms with Gasteiger partial charge in [0, 0.05) is 12.1 Å². The predicted molar refractivity (Wildman–Crippen MR) is 114 cm³/mol. The molecule has 2 aromatic carbocycles. The zero-order chi connectivity index (χ0) is 20.5. The van der Waals surface area contributed by atoms with Crippen molar-refractivity contribution in [1.29, 1.82) is 0 Å². The van der Waals surface area contributed by atoms with Crippen molar-refractivity contribution in [2.24, 2.45) is 5.10 Å². The van der Waals surface area contributed by atoms with E-state index in [0.717, 1.165) is 9.13 Å². The summed E-state index contributed by atoms with van der Waals surface area (Å²) >= 11 is 2.16. The van der Waals surface area contributed by atoms with Gasteiger partial charge in [0.25, 0.3) is 5.69 Å². The van der Waals surface area contributed by atoms with Gasteiger partial charge in [-0.15, -0.1) is 0 Å². The van der Waals surface area contributed by atoms with E-state index in [2.05, 4.69) is 33.1 Å². The molecule has 0 unspecified atom stereocenters. The third kappa shape index (κ3) is 6.19. The number of benzene rings is 2. The number of rotatable bonds is 9. The molecular formula is C19H20IN3O5. The molecule has 1 amide bonds. The van der Waals surface area contributed by atoms with Crippen LogP contribution in [0.4, 0.5) is 5.69 Å². The van der Waals surface area contributed by atoms with E-state index in [1.54, 1.807) is 18.2 Å². The molecule has 0 aliphatic rings. The second kappa shape index (κ2) is 10.6. The van der Waals surface area contributed by atoms with Crippen molar-refractivity contribution in [2.45, 2.75) is 20.3 Å². The van der Waals surface area contributed by atoms with Crippen molar-refractivity contribution < 1.29 is 19.2 Å². The van der Waals surface area contributed by atoms with E-state index in [4.69, 9.17) is 9.47 Å². The molecule has 0 aliphatic carbocycles. The molecule has 0 heterocycles. The van der Waals surface area contributed by atoms with Crippen molar-refractivity contribution in [3.63, 3.8) is 0 Å². The molecule has 0 bridgehead atoms. The molecule has 2 aromatic rings. The van der Waals surface area contributed by atoms with Crippen molar-refractivity contribution in [3.8, 4) is 11.5 Å². The molecule has 148 valence electrons. The van der Waals surface area contributed by atoms with E-state index in [1.807, 2.05) is 19.9 Å². The van der Waals surface area contributed by atoms with Crippen LogP contribution in [0, 0.1) is 13.7 Å². The summed E-state index contributed by atoms with van der Waals surface area (Å²) in [6, 6.07) is 9.49. The van der Waals surface area contributed by atoms with Crippen LogP contribution in [0.2, 0.25) is 0 Å². The Morgan fingerprint density at radius 3 is 2.50 bits per heavy atom. The van der Waals surface area contributed by atoms with Gasteiger partial charge >= 0.3 is 0 Å². The fourth-order valence-corrected chi connectivity index (χ4v) is 3.13. The number of nitro groups is 1. The van der Waals surface area contributed by atoms with Crippen LogP contribution in [-0.4, -0.2) is 30.3 Å². The number of hydrogen-bond donors (Lipinski definition) is 1. The van der Waals surface area contributed by atoms with Gasteiger partial charge in [0.05, 0.1) is 34.3 Å². The molecule has 0 aliphatic heterocycles. The second-order valence-corrected chi connectivity index (χ2v) is 6.75. The molecule has 0 aromatic heterocycles. The number of carbonyl (C=O) groups is 1. The van der Waals surface area contributed by atoms with Gasteiger partial charge in [-0.05, 0) is 59.7 Å². The van der Waals surface area contributed by atoms with E-state index >= 15 is 0 Å². The minimum atomic E-state index is -0.483. The van der Waals surface area contributed by atoms with Gasteiger partial charge in [0.15, 0.2) is 11.5 Å². The number of amides is 1. The van der Waals surface area contributed by atoms with Crippen molar-refractivity contribution in [2.75, 3.05) is 13.2 Å². The lowest BCUT2D eigenvalue weighted by molar-refractivity contribution is -0.384. The minimum Gasteiger partial charge on any atom is -0.490 e. The first-order valence-corrected chi connectivity index (χ1v) is 9.66. The molecule has 0 spiro atoms. The number of nitrogens with zero attached hydrogens (tertiary/aromatic N) is 2. The van der Waals surface area contributed by atoms with E-state index < -0.39 is 4.92 Å². The molecule has 8 nitrogen and oxygen atoms in total. The molecular weight excluding hydrogens is 477 g/mol. The summed E-state index contributed by atoms with van der Waals surface area (Å²) in [5.74, 6) is 0.981. The van der Waals surface area contributed by atoms with Crippen molar-refractivity contribution in [3.05, 3.63) is 61.2 Å². The number of non-ortho nitro benzene ring substituents is 1. The molecule has 0 atom stereocenters. The molecule has 9 heteroatoms. The summed E-state index contributed by atoms with van der Waals surface area (Å²) in [4.78, 5) is 22.2. The normalized spacial score (nSPS) is 10.7. The summed E-state index contributed by atoms with van der Waals surface area (Å²) in [6.45, 7) is 4.83. The van der Waals surface area contributed by atoms with Crippen molar-refractivity contribution >= 4 is 40.4 Å². The highest BCUT2D eigenvalue weighted by molar-refractivity contribution is 14.1. The van der Waals surface area contributed by atoms with Gasteiger partial charge in [0.2, 0.25) is 5.91 Å². The quantitative estimate of drug-likeness (QED) is 0.247. The summed E-state index contributed by atoms with van der Waals surface area (Å²) in [6.07, 6.45) is 1.59. The zero-order valence-corrected chi connectivity index (χ0v) is 17.6. The number of carbonyl (C=O) groups excluding carboxylic acids is 1. The maximum Gasteiger partial charge on any atom is 0.269 e. The summed E-state index contributed by atoms with van der Waals surface area (Å²) in [5, 5.41) is 14.6. The first-order valence-electron chi connectivity index (χ1n) is 8.59. The average molecular weight is 497 g/mol. The Morgan fingerprint density at radius 2 is 1.89 bits per heavy atom. The van der Waals surface area contributed by atoms with Crippen LogP contribution in [0.5, 0.6) is 11.5 Å². The number of nitro benzene ring substituents is 1. The Hall–Kier alpha value is -2.69. The zero-order valence-electron chi connectivity index (χ0n) is 15.5. The fourth-order valence-electron chi connectivity index (χ4n) is 2.35. The van der Waals surface area contributed by atoms with Crippen LogP contribution in [0.15, 0.2) is 41.5 Å². The van der Waals surface area contributed by atoms with Crippen LogP contribution < -0.4 is 14.9 Å². The number of nitrogens with one attached hydrogen (secondary N) is 1. The standard InChI is InChI=1S/C19H20IN3O5/c1-3-27-17-10-14(9-16(20)19(17)28-4-2)12-21-22-18(24)11-13-5-7-15(8-6-13)23(25)26/h5-10,12H,3-4,11H2,1-2H3,(H,22,24)/b21-12+. The van der Waals surface area contributed by atoms with E-state index in [9.17, 15) is 14.9 Å². The first-order chi connectivity index (χ1) is 13.4. The highest BCUT2D eigenvalue weighted by Crippen LogP contribution is 2.33. The molecule has 0 radical (unpaired) electrons. The van der Waals surface area contributed by atoms with Gasteiger partial charge in [-0.3, -0.25) is 14.9 Å². The van der Waals surface area contributed by atoms with Gasteiger partial charge in [0.1, 0.15) is 0 Å². The van der Waals surface area contributed by atoms with E-state index in [0.29, 0.717) is 30.3 Å². The maximum atomic E-state index is 12.0. The molecule has 0 fully saturated rings. The molecule has 28 heavy (non-hydrogen) atoms. The van der Waals surface area contributed by atoms with Gasteiger partial charge in [-0.25, -0.2) is 5.43 Å². The summed E-state index contributed by atoms with van der Waals surface area (Å²) < 4.78 is 12.1. The van der Waals surface area contributed by atoms with E-state index in [1.165, 1.54) is 18.3 Å². The SMILES string of the molecule is CCOc1cc(/C=N/NC(=O)Cc2ccc([N+](=O)[O-])cc2)cc(I)c1OCC. The third-order valence-electron chi connectivity index (χ3n) is 3.54. The topological polar surface area (TPSA) is 103 Å². The predicted octanol–water partition coefficient (Wildman–Crippen LogP) is 3.69. The smallest absolute Gasteiger partial charge is 0.269 e. The molecule has 0 saturated carbocycles. The minimum absolute atomic E-state index is 0.0163. The first kappa shape index (κ1) is 21.6. The maximum absolute atomic E-state index is 12.0. The lowest BCUT2D eigenvalue weighted by Gasteiger charge is -2.13. The Bertz CT molecular complexity index is 869. The number of hydrogen-bond acceptors (Lipinski definition) is 6. The van der Waals surface area contributed by atoms with Crippen LogP contribution >= 0.6 is 22.6 Å².